The Morgan fingerprint density at radius 2 is 1.87 bits per heavy atom. The van der Waals surface area contributed by atoms with Gasteiger partial charge in [-0.1, -0.05) is 41.9 Å². The lowest BCUT2D eigenvalue weighted by Gasteiger charge is -2.08. The van der Waals surface area contributed by atoms with E-state index >= 15 is 0 Å². The van der Waals surface area contributed by atoms with Crippen LogP contribution in [-0.4, -0.2) is 10.9 Å². The molecule has 0 spiro atoms. The van der Waals surface area contributed by atoms with Gasteiger partial charge in [-0.15, -0.1) is 0 Å². The van der Waals surface area contributed by atoms with E-state index in [1.165, 1.54) is 5.56 Å². The van der Waals surface area contributed by atoms with Gasteiger partial charge in [0.05, 0.1) is 11.2 Å². The van der Waals surface area contributed by atoms with Crippen molar-refractivity contribution in [1.82, 2.24) is 4.98 Å². The van der Waals surface area contributed by atoms with E-state index in [1.54, 1.807) is 6.20 Å². The van der Waals surface area contributed by atoms with Crippen LogP contribution >= 0.6 is 11.6 Å². The van der Waals surface area contributed by atoms with E-state index in [2.05, 4.69) is 10.3 Å². The van der Waals surface area contributed by atoms with Gasteiger partial charge in [-0.3, -0.25) is 9.78 Å². The van der Waals surface area contributed by atoms with Gasteiger partial charge in [0.25, 0.3) is 0 Å². The Kier molecular flexibility index (Phi) is 3.50. The number of nitrogens with zero attached hydrogens (tertiary/aromatic N) is 1. The molecule has 0 bridgehead atoms. The number of amides is 1. The van der Waals surface area contributed by atoms with Crippen molar-refractivity contribution in [1.29, 1.82) is 0 Å². The van der Waals surface area contributed by atoms with Gasteiger partial charge in [-0.25, -0.2) is 0 Å². The molecule has 1 N–H and O–H groups in total. The number of anilines is 1. The van der Waals surface area contributed by atoms with Crippen molar-refractivity contribution in [2.24, 2.45) is 5.92 Å². The fourth-order valence-electron chi connectivity index (χ4n) is 2.99. The molecular formula is C19H15ClN2O. The number of carbonyl (C=O) groups excluding carboxylic acids is 1. The predicted octanol–water partition coefficient (Wildman–Crippen LogP) is 4.63. The molecule has 4 heteroatoms. The molecule has 2 atom stereocenters. The SMILES string of the molecule is O=C(Nc1cccc2cccnc12)C1CC1c1ccc(Cl)cc1. The zero-order valence-corrected chi connectivity index (χ0v) is 13.1. The van der Waals surface area contributed by atoms with Crippen LogP contribution in [0.25, 0.3) is 10.9 Å². The molecule has 23 heavy (non-hydrogen) atoms. The predicted molar refractivity (Wildman–Crippen MR) is 92.7 cm³/mol. The Hall–Kier alpha value is -2.39. The number of nitrogens with one attached hydrogen (secondary N) is 1. The van der Waals surface area contributed by atoms with Crippen LogP contribution in [0.3, 0.4) is 0 Å². The second kappa shape index (κ2) is 5.67. The van der Waals surface area contributed by atoms with E-state index in [4.69, 9.17) is 11.6 Å². The minimum Gasteiger partial charge on any atom is -0.324 e. The monoisotopic (exact) mass is 322 g/mol. The van der Waals surface area contributed by atoms with Crippen LogP contribution in [-0.2, 0) is 4.79 Å². The molecule has 0 saturated heterocycles. The van der Waals surface area contributed by atoms with E-state index in [0.29, 0.717) is 0 Å². The zero-order chi connectivity index (χ0) is 15.8. The van der Waals surface area contributed by atoms with E-state index in [0.717, 1.165) is 28.0 Å². The van der Waals surface area contributed by atoms with Crippen molar-refractivity contribution < 1.29 is 4.79 Å². The highest BCUT2D eigenvalue weighted by Crippen LogP contribution is 2.48. The summed E-state index contributed by atoms with van der Waals surface area (Å²) < 4.78 is 0. The van der Waals surface area contributed by atoms with E-state index < -0.39 is 0 Å². The number of halogens is 1. The fourth-order valence-corrected chi connectivity index (χ4v) is 3.12. The molecule has 0 radical (unpaired) electrons. The summed E-state index contributed by atoms with van der Waals surface area (Å²) in [6, 6.07) is 17.5. The van der Waals surface area contributed by atoms with Crippen molar-refractivity contribution >= 4 is 34.1 Å². The molecule has 1 saturated carbocycles. The van der Waals surface area contributed by atoms with Gasteiger partial charge in [-0.05, 0) is 42.2 Å². The molecule has 0 aliphatic heterocycles. The minimum atomic E-state index is 0.0233. The lowest BCUT2D eigenvalue weighted by molar-refractivity contribution is -0.117. The largest absolute Gasteiger partial charge is 0.324 e. The fraction of sp³-hybridized carbons (Fsp3) is 0.158. The zero-order valence-electron chi connectivity index (χ0n) is 12.4. The van der Waals surface area contributed by atoms with Gasteiger partial charge in [0.15, 0.2) is 0 Å². The Balaban J connectivity index is 1.51. The van der Waals surface area contributed by atoms with Crippen LogP contribution in [0.4, 0.5) is 5.69 Å². The van der Waals surface area contributed by atoms with Crippen molar-refractivity contribution in [2.45, 2.75) is 12.3 Å². The molecule has 1 fully saturated rings. The highest BCUT2D eigenvalue weighted by atomic mass is 35.5. The number of carbonyl (C=O) groups is 1. The Morgan fingerprint density at radius 1 is 1.09 bits per heavy atom. The van der Waals surface area contributed by atoms with Crippen molar-refractivity contribution in [3.8, 4) is 0 Å². The minimum absolute atomic E-state index is 0.0233. The Labute approximate surface area is 139 Å². The molecule has 114 valence electrons. The van der Waals surface area contributed by atoms with Crippen molar-refractivity contribution in [3.63, 3.8) is 0 Å². The third kappa shape index (κ3) is 2.80. The Morgan fingerprint density at radius 3 is 2.70 bits per heavy atom. The molecule has 1 heterocycles. The van der Waals surface area contributed by atoms with Crippen LogP contribution in [0.2, 0.25) is 5.02 Å². The molecule has 1 aromatic heterocycles. The maximum Gasteiger partial charge on any atom is 0.228 e. The molecule has 2 unspecified atom stereocenters. The molecular weight excluding hydrogens is 308 g/mol. The number of fused-ring (bicyclic) bond motifs is 1. The summed E-state index contributed by atoms with van der Waals surface area (Å²) in [5.74, 6) is 0.369. The van der Waals surface area contributed by atoms with Crippen LogP contribution in [0.1, 0.15) is 17.9 Å². The summed E-state index contributed by atoms with van der Waals surface area (Å²) in [6.07, 6.45) is 2.62. The molecule has 1 amide bonds. The summed E-state index contributed by atoms with van der Waals surface area (Å²) in [5, 5.41) is 4.77. The normalized spacial score (nSPS) is 19.5. The average molecular weight is 323 g/mol. The first-order valence-corrected chi connectivity index (χ1v) is 8.00. The first-order chi connectivity index (χ1) is 11.2. The smallest absolute Gasteiger partial charge is 0.228 e. The lowest BCUT2D eigenvalue weighted by atomic mass is 10.1. The first-order valence-electron chi connectivity index (χ1n) is 7.62. The second-order valence-electron chi connectivity index (χ2n) is 5.87. The van der Waals surface area contributed by atoms with Crippen LogP contribution in [0.15, 0.2) is 60.8 Å². The second-order valence-corrected chi connectivity index (χ2v) is 6.31. The number of hydrogen-bond donors (Lipinski definition) is 1. The van der Waals surface area contributed by atoms with E-state index in [-0.39, 0.29) is 17.7 Å². The summed E-state index contributed by atoms with van der Waals surface area (Å²) in [6.45, 7) is 0. The highest BCUT2D eigenvalue weighted by molar-refractivity contribution is 6.30. The molecule has 4 rings (SSSR count). The van der Waals surface area contributed by atoms with Gasteiger partial charge >= 0.3 is 0 Å². The number of aromatic nitrogens is 1. The van der Waals surface area contributed by atoms with Gasteiger partial charge in [0, 0.05) is 22.5 Å². The maximum atomic E-state index is 12.5. The number of para-hydroxylation sites is 1. The number of hydrogen-bond acceptors (Lipinski definition) is 2. The molecule has 3 nitrogen and oxygen atoms in total. The topological polar surface area (TPSA) is 42.0 Å². The van der Waals surface area contributed by atoms with Crippen molar-refractivity contribution in [3.05, 3.63) is 71.4 Å². The molecule has 1 aliphatic rings. The summed E-state index contributed by atoms with van der Waals surface area (Å²) in [7, 11) is 0. The number of benzene rings is 2. The van der Waals surface area contributed by atoms with Gasteiger partial charge in [0.1, 0.15) is 0 Å². The molecule has 3 aromatic rings. The standard InChI is InChI=1S/C19H15ClN2O/c20-14-8-6-12(7-9-14)15-11-16(15)19(23)22-17-5-1-3-13-4-2-10-21-18(13)17/h1-10,15-16H,11H2,(H,22,23). The maximum absolute atomic E-state index is 12.5. The Bertz CT molecular complexity index is 871. The van der Waals surface area contributed by atoms with E-state index in [9.17, 15) is 4.79 Å². The molecule has 2 aromatic carbocycles. The van der Waals surface area contributed by atoms with E-state index in [1.807, 2.05) is 54.6 Å². The summed E-state index contributed by atoms with van der Waals surface area (Å²) in [4.78, 5) is 16.9. The van der Waals surface area contributed by atoms with Crippen LogP contribution in [0, 0.1) is 5.92 Å². The quantitative estimate of drug-likeness (QED) is 0.764. The van der Waals surface area contributed by atoms with Gasteiger partial charge < -0.3 is 5.32 Å². The first kappa shape index (κ1) is 14.2. The third-order valence-corrected chi connectivity index (χ3v) is 4.57. The average Bonchev–Trinajstić information content (AvgIpc) is 3.37. The van der Waals surface area contributed by atoms with Gasteiger partial charge in [0.2, 0.25) is 5.91 Å². The summed E-state index contributed by atoms with van der Waals surface area (Å²) >= 11 is 5.91. The highest BCUT2D eigenvalue weighted by Gasteiger charge is 2.43. The summed E-state index contributed by atoms with van der Waals surface area (Å²) in [5.41, 5.74) is 2.77. The van der Waals surface area contributed by atoms with Crippen LogP contribution in [0.5, 0.6) is 0 Å². The number of pyridine rings is 1. The van der Waals surface area contributed by atoms with Crippen molar-refractivity contribution in [2.75, 3.05) is 5.32 Å². The number of rotatable bonds is 3. The third-order valence-electron chi connectivity index (χ3n) is 4.32. The van der Waals surface area contributed by atoms with Gasteiger partial charge in [-0.2, -0.15) is 0 Å². The lowest BCUT2D eigenvalue weighted by Crippen LogP contribution is -2.15. The molecule has 1 aliphatic carbocycles. The van der Waals surface area contributed by atoms with Crippen LogP contribution < -0.4 is 5.32 Å².